The molecule has 39 heavy (non-hydrogen) atoms. The first kappa shape index (κ1) is 29.9. The average Bonchev–Trinajstić information content (AvgIpc) is 2.87. The van der Waals surface area contributed by atoms with Crippen molar-refractivity contribution in [2.45, 2.75) is 57.9 Å². The Hall–Kier alpha value is -3.60. The van der Waals surface area contributed by atoms with Gasteiger partial charge in [0.05, 0.1) is 0 Å². The van der Waals surface area contributed by atoms with Crippen LogP contribution in [0.1, 0.15) is 37.5 Å². The number of hydrogen-bond acceptors (Lipinski definition) is 5. The van der Waals surface area contributed by atoms with Gasteiger partial charge in [-0.25, -0.2) is 9.59 Å². The summed E-state index contributed by atoms with van der Waals surface area (Å²) >= 11 is 2.16. The van der Waals surface area contributed by atoms with Crippen molar-refractivity contribution in [1.82, 2.24) is 10.6 Å². The van der Waals surface area contributed by atoms with Crippen LogP contribution in [-0.2, 0) is 33.8 Å². The molecule has 2 atom stereocenters. The predicted octanol–water partition coefficient (Wildman–Crippen LogP) is 5.12. The molecule has 0 unspecified atom stereocenters. The van der Waals surface area contributed by atoms with Gasteiger partial charge in [-0.05, 0) is 78.3 Å². The van der Waals surface area contributed by atoms with Gasteiger partial charge in [-0.1, -0.05) is 60.7 Å². The van der Waals surface area contributed by atoms with Crippen LogP contribution >= 0.6 is 22.6 Å². The van der Waals surface area contributed by atoms with Gasteiger partial charge in [-0.2, -0.15) is 0 Å². The summed E-state index contributed by atoms with van der Waals surface area (Å²) in [5.74, 6) is -1.26. The highest BCUT2D eigenvalue weighted by Crippen LogP contribution is 2.24. The van der Waals surface area contributed by atoms with Gasteiger partial charge in [-0.15, -0.1) is 0 Å². The lowest BCUT2D eigenvalue weighted by Gasteiger charge is -2.25. The molecule has 3 rings (SSSR count). The van der Waals surface area contributed by atoms with Crippen molar-refractivity contribution in [3.63, 3.8) is 0 Å². The minimum Gasteiger partial charge on any atom is -0.489 e. The van der Waals surface area contributed by atoms with Crippen LogP contribution in [0.2, 0.25) is 0 Å². The number of ether oxygens (including phenoxy) is 2. The number of nitrogens with one attached hydrogen (secondary N) is 2. The van der Waals surface area contributed by atoms with Gasteiger partial charge >= 0.3 is 12.1 Å². The number of halogens is 1. The van der Waals surface area contributed by atoms with E-state index in [0.717, 1.165) is 14.7 Å². The molecule has 206 valence electrons. The highest BCUT2D eigenvalue weighted by atomic mass is 127. The summed E-state index contributed by atoms with van der Waals surface area (Å²) in [6.45, 7) is 5.48. The van der Waals surface area contributed by atoms with Gasteiger partial charge in [0, 0.05) is 16.4 Å². The highest BCUT2D eigenvalue weighted by molar-refractivity contribution is 14.1. The minimum atomic E-state index is -1.19. The van der Waals surface area contributed by atoms with Crippen molar-refractivity contribution >= 4 is 40.6 Å². The van der Waals surface area contributed by atoms with Gasteiger partial charge < -0.3 is 25.2 Å². The largest absolute Gasteiger partial charge is 0.489 e. The van der Waals surface area contributed by atoms with Crippen molar-refractivity contribution < 1.29 is 29.0 Å². The molecule has 0 aliphatic rings. The van der Waals surface area contributed by atoms with Crippen LogP contribution in [0.5, 0.6) is 5.75 Å². The number of alkyl carbamates (subject to hydrolysis) is 1. The van der Waals surface area contributed by atoms with Gasteiger partial charge in [0.1, 0.15) is 30.0 Å². The zero-order valence-electron chi connectivity index (χ0n) is 22.1. The van der Waals surface area contributed by atoms with Gasteiger partial charge in [-0.3, -0.25) is 4.79 Å². The maximum absolute atomic E-state index is 13.4. The van der Waals surface area contributed by atoms with Crippen LogP contribution in [0.4, 0.5) is 4.79 Å². The number of amides is 2. The number of hydrogen-bond donors (Lipinski definition) is 3. The second-order valence-electron chi connectivity index (χ2n) is 10.0. The first-order valence-electron chi connectivity index (χ1n) is 12.5. The van der Waals surface area contributed by atoms with Crippen LogP contribution in [0.3, 0.4) is 0 Å². The van der Waals surface area contributed by atoms with E-state index < -0.39 is 35.7 Å². The zero-order valence-corrected chi connectivity index (χ0v) is 24.3. The lowest BCUT2D eigenvalue weighted by atomic mass is 10.0. The SMILES string of the molecule is CC(C)(C)OC(=O)N[C@@H](Cc1cc(I)ccc1OCc1ccccc1)C(=O)N[C@@H](Cc1ccccc1)C(=O)O. The molecule has 2 amide bonds. The number of benzene rings is 3. The molecule has 0 fully saturated rings. The van der Waals surface area contributed by atoms with Gasteiger partial charge in [0.2, 0.25) is 5.91 Å². The fourth-order valence-electron chi connectivity index (χ4n) is 3.78. The number of aliphatic carboxylic acids is 1. The number of carboxylic acids is 1. The molecule has 0 aliphatic heterocycles. The van der Waals surface area contributed by atoms with Gasteiger partial charge in [0.25, 0.3) is 0 Å². The number of rotatable bonds is 11. The maximum Gasteiger partial charge on any atom is 0.408 e. The molecule has 0 heterocycles. The van der Waals surface area contributed by atoms with E-state index in [1.165, 1.54) is 0 Å². The molecule has 3 aromatic rings. The Morgan fingerprint density at radius 2 is 1.46 bits per heavy atom. The predicted molar refractivity (Wildman–Crippen MR) is 157 cm³/mol. The zero-order chi connectivity index (χ0) is 28.4. The number of carbonyl (C=O) groups excluding carboxylic acids is 2. The summed E-state index contributed by atoms with van der Waals surface area (Å²) < 4.78 is 12.4. The molecule has 3 N–H and O–H groups in total. The quantitative estimate of drug-likeness (QED) is 0.250. The van der Waals surface area contributed by atoms with E-state index in [4.69, 9.17) is 9.47 Å². The van der Waals surface area contributed by atoms with Crippen molar-refractivity contribution in [2.75, 3.05) is 0 Å². The van der Waals surface area contributed by atoms with E-state index in [9.17, 15) is 19.5 Å². The Morgan fingerprint density at radius 3 is 2.05 bits per heavy atom. The summed E-state index contributed by atoms with van der Waals surface area (Å²) in [6, 6.07) is 22.0. The average molecular weight is 645 g/mol. The van der Waals surface area contributed by atoms with Crippen LogP contribution in [0.15, 0.2) is 78.9 Å². The monoisotopic (exact) mass is 644 g/mol. The van der Waals surface area contributed by atoms with E-state index in [0.29, 0.717) is 17.9 Å². The molecular weight excluding hydrogens is 611 g/mol. The second kappa shape index (κ2) is 14.0. The third kappa shape index (κ3) is 10.2. The molecule has 0 bridgehead atoms. The molecule has 9 heteroatoms. The number of carbonyl (C=O) groups is 3. The summed E-state index contributed by atoms with van der Waals surface area (Å²) in [7, 11) is 0. The molecule has 3 aromatic carbocycles. The van der Waals surface area contributed by atoms with Crippen LogP contribution in [0, 0.1) is 3.57 Å². The normalized spacial score (nSPS) is 12.6. The van der Waals surface area contributed by atoms with Crippen molar-refractivity contribution in [3.8, 4) is 5.75 Å². The van der Waals surface area contributed by atoms with E-state index in [2.05, 4.69) is 33.2 Å². The Kier molecular flexibility index (Phi) is 10.7. The molecule has 0 aromatic heterocycles. The van der Waals surface area contributed by atoms with Crippen LogP contribution in [0.25, 0.3) is 0 Å². The Balaban J connectivity index is 1.84. The maximum atomic E-state index is 13.4. The minimum absolute atomic E-state index is 0.0592. The van der Waals surface area contributed by atoms with E-state index in [-0.39, 0.29) is 12.8 Å². The van der Waals surface area contributed by atoms with E-state index in [1.807, 2.05) is 54.6 Å². The molecule has 0 radical (unpaired) electrons. The van der Waals surface area contributed by atoms with Gasteiger partial charge in [0.15, 0.2) is 0 Å². The fourth-order valence-corrected chi connectivity index (χ4v) is 4.34. The lowest BCUT2D eigenvalue weighted by Crippen LogP contribution is -2.53. The first-order chi connectivity index (χ1) is 18.5. The second-order valence-corrected chi connectivity index (χ2v) is 11.3. The van der Waals surface area contributed by atoms with E-state index >= 15 is 0 Å². The third-order valence-electron chi connectivity index (χ3n) is 5.59. The smallest absolute Gasteiger partial charge is 0.408 e. The first-order valence-corrected chi connectivity index (χ1v) is 13.6. The standard InChI is InChI=1S/C30H33IN2O6/c1-30(2,3)39-29(37)33-24(27(34)32-25(28(35)36)16-20-10-6-4-7-11-20)18-22-17-23(31)14-15-26(22)38-19-21-12-8-5-9-13-21/h4-15,17,24-25H,16,18-19H2,1-3H3,(H,32,34)(H,33,37)(H,35,36)/t24-,25-/m0/s1. The fraction of sp³-hybridized carbons (Fsp3) is 0.300. The molecule has 0 saturated heterocycles. The van der Waals surface area contributed by atoms with Crippen molar-refractivity contribution in [2.24, 2.45) is 0 Å². The van der Waals surface area contributed by atoms with Crippen LogP contribution < -0.4 is 15.4 Å². The number of carboxylic acid groups (broad SMARTS) is 1. The molecule has 0 saturated carbocycles. The van der Waals surface area contributed by atoms with Crippen molar-refractivity contribution in [1.29, 1.82) is 0 Å². The Bertz CT molecular complexity index is 1260. The van der Waals surface area contributed by atoms with Crippen LogP contribution in [-0.4, -0.2) is 40.8 Å². The molecule has 0 spiro atoms. The Morgan fingerprint density at radius 1 is 0.846 bits per heavy atom. The van der Waals surface area contributed by atoms with Crippen molar-refractivity contribution in [3.05, 3.63) is 99.1 Å². The lowest BCUT2D eigenvalue weighted by molar-refractivity contribution is -0.142. The topological polar surface area (TPSA) is 114 Å². The summed E-state index contributed by atoms with van der Waals surface area (Å²) in [5.41, 5.74) is 1.64. The summed E-state index contributed by atoms with van der Waals surface area (Å²) in [5, 5.41) is 15.0. The summed E-state index contributed by atoms with van der Waals surface area (Å²) in [4.78, 5) is 38.1. The molecular formula is C30H33IN2O6. The molecule has 0 aliphatic carbocycles. The molecule has 8 nitrogen and oxygen atoms in total. The highest BCUT2D eigenvalue weighted by Gasteiger charge is 2.29. The van der Waals surface area contributed by atoms with E-state index in [1.54, 1.807) is 45.0 Å². The summed E-state index contributed by atoms with van der Waals surface area (Å²) in [6.07, 6.45) is -0.630. The Labute approximate surface area is 242 Å². The third-order valence-corrected chi connectivity index (χ3v) is 6.26.